The van der Waals surface area contributed by atoms with Gasteiger partial charge in [0, 0.05) is 6.54 Å². The van der Waals surface area contributed by atoms with E-state index < -0.39 is 10.0 Å². The Kier molecular flexibility index (Phi) is 6.76. The van der Waals surface area contributed by atoms with E-state index in [1.165, 1.54) is 0 Å². The number of rotatable bonds is 8. The second-order valence-corrected chi connectivity index (χ2v) is 7.78. The van der Waals surface area contributed by atoms with Crippen LogP contribution in [0, 0.1) is 13.8 Å². The Morgan fingerprint density at radius 3 is 2.38 bits per heavy atom. The first-order valence-electron chi connectivity index (χ1n) is 8.28. The number of methoxy groups -OCH3 is 1. The van der Waals surface area contributed by atoms with Crippen molar-refractivity contribution in [1.82, 2.24) is 10.0 Å². The first-order valence-corrected chi connectivity index (χ1v) is 9.76. The molecule has 2 aromatic carbocycles. The molecule has 140 valence electrons. The normalized spacial score (nSPS) is 11.2. The van der Waals surface area contributed by atoms with Gasteiger partial charge in [-0.1, -0.05) is 29.8 Å². The second kappa shape index (κ2) is 8.82. The third-order valence-corrected chi connectivity index (χ3v) is 5.50. The van der Waals surface area contributed by atoms with Crippen LogP contribution in [-0.2, 0) is 21.2 Å². The standard InChI is InChI=1S/C19H24N2O4S/c1-14-4-9-18(15(2)12-14)26(23,24)21-13-19(22)20-11-10-16-5-7-17(25-3)8-6-16/h4-9,12,21H,10-11,13H2,1-3H3,(H,20,22). The number of sulfonamides is 1. The summed E-state index contributed by atoms with van der Waals surface area (Å²) in [5, 5.41) is 2.71. The Morgan fingerprint density at radius 1 is 1.08 bits per heavy atom. The maximum absolute atomic E-state index is 12.3. The summed E-state index contributed by atoms with van der Waals surface area (Å²) in [5.41, 5.74) is 2.69. The van der Waals surface area contributed by atoms with E-state index in [2.05, 4.69) is 10.0 Å². The van der Waals surface area contributed by atoms with E-state index in [0.717, 1.165) is 16.9 Å². The molecule has 0 fully saturated rings. The number of carbonyl (C=O) groups is 1. The molecule has 1 amide bonds. The Hall–Kier alpha value is -2.38. The zero-order valence-corrected chi connectivity index (χ0v) is 16.0. The molecule has 0 saturated carbocycles. The quantitative estimate of drug-likeness (QED) is 0.737. The van der Waals surface area contributed by atoms with Gasteiger partial charge in [0.25, 0.3) is 0 Å². The maximum atomic E-state index is 12.3. The van der Waals surface area contributed by atoms with Crippen molar-refractivity contribution in [2.24, 2.45) is 0 Å². The third kappa shape index (κ3) is 5.57. The summed E-state index contributed by atoms with van der Waals surface area (Å²) in [4.78, 5) is 12.1. The molecule has 0 aliphatic rings. The Morgan fingerprint density at radius 2 is 1.77 bits per heavy atom. The molecule has 2 aromatic rings. The fraction of sp³-hybridized carbons (Fsp3) is 0.316. The first kappa shape index (κ1) is 19.9. The zero-order valence-electron chi connectivity index (χ0n) is 15.2. The van der Waals surface area contributed by atoms with Crippen molar-refractivity contribution in [2.45, 2.75) is 25.2 Å². The lowest BCUT2D eigenvalue weighted by Gasteiger charge is -2.10. The van der Waals surface area contributed by atoms with Crippen LogP contribution in [0.1, 0.15) is 16.7 Å². The van der Waals surface area contributed by atoms with Gasteiger partial charge in [0.15, 0.2) is 0 Å². The number of nitrogens with one attached hydrogen (secondary N) is 2. The van der Waals surface area contributed by atoms with E-state index in [9.17, 15) is 13.2 Å². The Balaban J connectivity index is 1.82. The minimum Gasteiger partial charge on any atom is -0.497 e. The van der Waals surface area contributed by atoms with Gasteiger partial charge in [-0.3, -0.25) is 4.79 Å². The number of benzene rings is 2. The van der Waals surface area contributed by atoms with Crippen LogP contribution in [0.5, 0.6) is 5.75 Å². The number of carbonyl (C=O) groups excluding carboxylic acids is 1. The number of aryl methyl sites for hydroxylation is 2. The second-order valence-electron chi connectivity index (χ2n) is 6.04. The van der Waals surface area contributed by atoms with Gasteiger partial charge in [-0.05, 0) is 49.6 Å². The van der Waals surface area contributed by atoms with E-state index >= 15 is 0 Å². The lowest BCUT2D eigenvalue weighted by atomic mass is 10.1. The molecule has 0 heterocycles. The van der Waals surface area contributed by atoms with Crippen LogP contribution < -0.4 is 14.8 Å². The molecule has 2 rings (SSSR count). The van der Waals surface area contributed by atoms with Crippen LogP contribution in [0.15, 0.2) is 47.4 Å². The van der Waals surface area contributed by atoms with Crippen LogP contribution in [0.2, 0.25) is 0 Å². The third-order valence-electron chi connectivity index (χ3n) is 3.94. The lowest BCUT2D eigenvalue weighted by Crippen LogP contribution is -2.37. The number of hydrogen-bond donors (Lipinski definition) is 2. The average Bonchev–Trinajstić information content (AvgIpc) is 2.60. The molecule has 0 saturated heterocycles. The molecule has 2 N–H and O–H groups in total. The van der Waals surface area contributed by atoms with Crippen LogP contribution in [0.4, 0.5) is 0 Å². The highest BCUT2D eigenvalue weighted by Gasteiger charge is 2.17. The van der Waals surface area contributed by atoms with Gasteiger partial charge in [-0.2, -0.15) is 0 Å². The summed E-state index contributed by atoms with van der Waals surface area (Å²) in [6.07, 6.45) is 0.652. The van der Waals surface area contributed by atoms with Crippen LogP contribution >= 0.6 is 0 Å². The van der Waals surface area contributed by atoms with Gasteiger partial charge in [0.2, 0.25) is 15.9 Å². The van der Waals surface area contributed by atoms with Crippen LogP contribution in [0.25, 0.3) is 0 Å². The molecule has 0 radical (unpaired) electrons. The molecule has 0 aliphatic carbocycles. The molecule has 0 aliphatic heterocycles. The largest absolute Gasteiger partial charge is 0.497 e. The molecule has 0 aromatic heterocycles. The molecule has 26 heavy (non-hydrogen) atoms. The molecule has 0 spiro atoms. The van der Waals surface area contributed by atoms with Crippen molar-refractivity contribution in [3.8, 4) is 5.75 Å². The van der Waals surface area contributed by atoms with Crippen molar-refractivity contribution in [2.75, 3.05) is 20.2 Å². The van der Waals surface area contributed by atoms with Crippen molar-refractivity contribution in [3.05, 3.63) is 59.2 Å². The van der Waals surface area contributed by atoms with Gasteiger partial charge in [0.05, 0.1) is 18.6 Å². The summed E-state index contributed by atoms with van der Waals surface area (Å²) >= 11 is 0. The Labute approximate surface area is 154 Å². The SMILES string of the molecule is COc1ccc(CCNC(=O)CNS(=O)(=O)c2ccc(C)cc2C)cc1. The predicted molar refractivity (Wildman–Crippen MR) is 101 cm³/mol. The van der Waals surface area contributed by atoms with E-state index in [1.54, 1.807) is 32.2 Å². The molecular weight excluding hydrogens is 352 g/mol. The number of ether oxygens (including phenoxy) is 1. The van der Waals surface area contributed by atoms with Gasteiger partial charge in [0.1, 0.15) is 5.75 Å². The smallest absolute Gasteiger partial charge is 0.241 e. The van der Waals surface area contributed by atoms with Crippen molar-refractivity contribution >= 4 is 15.9 Å². The van der Waals surface area contributed by atoms with Gasteiger partial charge < -0.3 is 10.1 Å². The lowest BCUT2D eigenvalue weighted by molar-refractivity contribution is -0.119. The van der Waals surface area contributed by atoms with E-state index in [1.807, 2.05) is 31.2 Å². The maximum Gasteiger partial charge on any atom is 0.241 e. The fourth-order valence-electron chi connectivity index (χ4n) is 2.54. The molecule has 6 nitrogen and oxygen atoms in total. The van der Waals surface area contributed by atoms with Crippen LogP contribution in [-0.4, -0.2) is 34.5 Å². The molecule has 0 unspecified atom stereocenters. The molecular formula is C19H24N2O4S. The summed E-state index contributed by atoms with van der Waals surface area (Å²) in [7, 11) is -2.11. The number of amides is 1. The summed E-state index contributed by atoms with van der Waals surface area (Å²) < 4.78 is 32.1. The molecule has 0 atom stereocenters. The minimum atomic E-state index is -3.71. The summed E-state index contributed by atoms with van der Waals surface area (Å²) in [6.45, 7) is 3.76. The van der Waals surface area contributed by atoms with E-state index in [-0.39, 0.29) is 17.3 Å². The monoisotopic (exact) mass is 376 g/mol. The zero-order chi connectivity index (χ0) is 19.2. The fourth-order valence-corrected chi connectivity index (χ4v) is 3.75. The van der Waals surface area contributed by atoms with Crippen molar-refractivity contribution in [1.29, 1.82) is 0 Å². The summed E-state index contributed by atoms with van der Waals surface area (Å²) in [6, 6.07) is 12.6. The Bertz CT molecular complexity index is 862. The van der Waals surface area contributed by atoms with Crippen LogP contribution in [0.3, 0.4) is 0 Å². The minimum absolute atomic E-state index is 0.189. The highest BCUT2D eigenvalue weighted by atomic mass is 32.2. The van der Waals surface area contributed by atoms with Crippen molar-refractivity contribution in [3.63, 3.8) is 0 Å². The topological polar surface area (TPSA) is 84.5 Å². The highest BCUT2D eigenvalue weighted by Crippen LogP contribution is 2.16. The van der Waals surface area contributed by atoms with Gasteiger partial charge >= 0.3 is 0 Å². The van der Waals surface area contributed by atoms with E-state index in [0.29, 0.717) is 18.5 Å². The molecule has 0 bridgehead atoms. The highest BCUT2D eigenvalue weighted by molar-refractivity contribution is 7.89. The average molecular weight is 376 g/mol. The van der Waals surface area contributed by atoms with E-state index in [4.69, 9.17) is 4.74 Å². The van der Waals surface area contributed by atoms with Crippen molar-refractivity contribution < 1.29 is 17.9 Å². The van der Waals surface area contributed by atoms with Gasteiger partial charge in [-0.15, -0.1) is 0 Å². The first-order chi connectivity index (χ1) is 12.3. The predicted octanol–water partition coefficient (Wildman–Crippen LogP) is 1.95. The number of hydrogen-bond acceptors (Lipinski definition) is 4. The molecule has 7 heteroatoms. The van der Waals surface area contributed by atoms with Gasteiger partial charge in [-0.25, -0.2) is 13.1 Å². The summed E-state index contributed by atoms with van der Waals surface area (Å²) in [5.74, 6) is 0.408.